The third-order valence-corrected chi connectivity index (χ3v) is 4.01. The molecule has 0 saturated carbocycles. The zero-order valence-corrected chi connectivity index (χ0v) is 14.0. The van der Waals surface area contributed by atoms with E-state index in [1.165, 1.54) is 5.39 Å². The van der Waals surface area contributed by atoms with Crippen molar-refractivity contribution >= 4 is 16.9 Å². The number of urea groups is 1. The van der Waals surface area contributed by atoms with E-state index in [-0.39, 0.29) is 18.1 Å². The number of hydrogen-bond acceptors (Lipinski definition) is 2. The molecule has 0 unspecified atom stereocenters. The molecule has 5 nitrogen and oxygen atoms in total. The van der Waals surface area contributed by atoms with Gasteiger partial charge in [0.15, 0.2) is 0 Å². The van der Waals surface area contributed by atoms with Gasteiger partial charge in [-0.05, 0) is 35.8 Å². The van der Waals surface area contributed by atoms with Crippen LogP contribution in [0.5, 0.6) is 0 Å². The van der Waals surface area contributed by atoms with E-state index in [0.717, 1.165) is 30.5 Å². The number of benzene rings is 1. The molecule has 1 aromatic heterocycles. The first-order chi connectivity index (χ1) is 11.0. The first-order valence-corrected chi connectivity index (χ1v) is 8.19. The van der Waals surface area contributed by atoms with Gasteiger partial charge in [-0.2, -0.15) is 0 Å². The van der Waals surface area contributed by atoms with Crippen molar-refractivity contribution in [1.29, 1.82) is 0 Å². The van der Waals surface area contributed by atoms with E-state index in [1.54, 1.807) is 0 Å². The zero-order chi connectivity index (χ0) is 16.7. The molecule has 126 valence electrons. The van der Waals surface area contributed by atoms with E-state index in [4.69, 9.17) is 0 Å². The van der Waals surface area contributed by atoms with Gasteiger partial charge in [-0.3, -0.25) is 0 Å². The predicted octanol–water partition coefficient (Wildman–Crippen LogP) is 2.81. The molecule has 0 aliphatic rings. The van der Waals surface area contributed by atoms with Gasteiger partial charge in [0, 0.05) is 37.3 Å². The van der Waals surface area contributed by atoms with E-state index < -0.39 is 0 Å². The molecule has 0 bridgehead atoms. The Morgan fingerprint density at radius 1 is 1.22 bits per heavy atom. The molecule has 1 heterocycles. The minimum Gasteiger partial charge on any atom is -0.396 e. The smallest absolute Gasteiger partial charge is 0.314 e. The van der Waals surface area contributed by atoms with Crippen LogP contribution in [0.1, 0.15) is 32.4 Å². The summed E-state index contributed by atoms with van der Waals surface area (Å²) in [5.74, 6) is 0. The van der Waals surface area contributed by atoms with E-state index in [0.29, 0.717) is 13.1 Å². The molecule has 23 heavy (non-hydrogen) atoms. The van der Waals surface area contributed by atoms with Crippen LogP contribution >= 0.6 is 0 Å². The van der Waals surface area contributed by atoms with Crippen molar-refractivity contribution in [2.24, 2.45) is 5.41 Å². The Morgan fingerprint density at radius 2 is 1.96 bits per heavy atom. The number of nitrogens with one attached hydrogen (secondary N) is 3. The zero-order valence-electron chi connectivity index (χ0n) is 14.0. The summed E-state index contributed by atoms with van der Waals surface area (Å²) in [5, 5.41) is 16.1. The summed E-state index contributed by atoms with van der Waals surface area (Å²) in [7, 11) is 0. The Balaban J connectivity index is 1.63. The molecule has 2 aromatic rings. The quantitative estimate of drug-likeness (QED) is 0.565. The molecule has 0 aliphatic carbocycles. The maximum atomic E-state index is 11.7. The van der Waals surface area contributed by atoms with Gasteiger partial charge in [0.2, 0.25) is 0 Å². The number of amides is 2. The van der Waals surface area contributed by atoms with E-state index in [9.17, 15) is 9.90 Å². The summed E-state index contributed by atoms with van der Waals surface area (Å²) in [5.41, 5.74) is 2.17. The molecule has 0 saturated heterocycles. The second kappa shape index (κ2) is 8.02. The van der Waals surface area contributed by atoms with Crippen LogP contribution < -0.4 is 10.6 Å². The van der Waals surface area contributed by atoms with Crippen molar-refractivity contribution in [3.05, 3.63) is 36.0 Å². The summed E-state index contributed by atoms with van der Waals surface area (Å²) in [6.45, 7) is 5.44. The summed E-state index contributed by atoms with van der Waals surface area (Å²) in [6, 6.07) is 10.1. The van der Waals surface area contributed by atoms with Crippen LogP contribution in [-0.4, -0.2) is 35.8 Å². The number of carbonyl (C=O) groups is 1. The topological polar surface area (TPSA) is 77.2 Å². The average molecular weight is 317 g/mol. The number of H-pyrrole nitrogens is 1. The van der Waals surface area contributed by atoms with Crippen molar-refractivity contribution < 1.29 is 9.90 Å². The molecule has 1 aromatic carbocycles. The SMILES string of the molecule is CC(C)(CO)CCCNC(=O)NCCc1cc2ccccc2[nH]1. The molecule has 5 heteroatoms. The van der Waals surface area contributed by atoms with E-state index >= 15 is 0 Å². The fourth-order valence-corrected chi connectivity index (χ4v) is 2.49. The second-order valence-corrected chi connectivity index (χ2v) is 6.74. The lowest BCUT2D eigenvalue weighted by molar-refractivity contribution is 0.148. The monoisotopic (exact) mass is 317 g/mol. The van der Waals surface area contributed by atoms with Crippen LogP contribution in [0.25, 0.3) is 10.9 Å². The molecule has 0 aliphatic heterocycles. The molecule has 2 amide bonds. The van der Waals surface area contributed by atoms with Crippen molar-refractivity contribution in [3.8, 4) is 0 Å². The number of rotatable bonds is 8. The number of hydrogen-bond donors (Lipinski definition) is 4. The third kappa shape index (κ3) is 5.60. The number of fused-ring (bicyclic) bond motifs is 1. The Hall–Kier alpha value is -2.01. The van der Waals surface area contributed by atoms with Crippen LogP contribution in [0.3, 0.4) is 0 Å². The van der Waals surface area contributed by atoms with Crippen molar-refractivity contribution in [3.63, 3.8) is 0 Å². The maximum absolute atomic E-state index is 11.7. The fourth-order valence-electron chi connectivity index (χ4n) is 2.49. The number of carbonyl (C=O) groups excluding carboxylic acids is 1. The number of aliphatic hydroxyl groups is 1. The number of para-hydroxylation sites is 1. The number of aromatic nitrogens is 1. The first kappa shape index (κ1) is 17.3. The minimum atomic E-state index is -0.136. The van der Waals surface area contributed by atoms with Crippen molar-refractivity contribution in [2.75, 3.05) is 19.7 Å². The molecule has 0 fully saturated rings. The highest BCUT2D eigenvalue weighted by molar-refractivity contribution is 5.80. The van der Waals surface area contributed by atoms with Crippen LogP contribution in [0.4, 0.5) is 4.79 Å². The average Bonchev–Trinajstić information content (AvgIpc) is 2.94. The summed E-state index contributed by atoms with van der Waals surface area (Å²) >= 11 is 0. The van der Waals surface area contributed by atoms with Gasteiger partial charge < -0.3 is 20.7 Å². The van der Waals surface area contributed by atoms with Crippen molar-refractivity contribution in [1.82, 2.24) is 15.6 Å². The second-order valence-electron chi connectivity index (χ2n) is 6.74. The van der Waals surface area contributed by atoms with E-state index in [1.807, 2.05) is 32.0 Å². The Kier molecular flexibility index (Phi) is 6.04. The summed E-state index contributed by atoms with van der Waals surface area (Å²) in [6.07, 6.45) is 2.53. The molecular formula is C18H27N3O2. The van der Waals surface area contributed by atoms with Crippen LogP contribution in [0, 0.1) is 5.41 Å². The molecule has 4 N–H and O–H groups in total. The largest absolute Gasteiger partial charge is 0.396 e. The van der Waals surface area contributed by atoms with Gasteiger partial charge in [-0.15, -0.1) is 0 Å². The lowest BCUT2D eigenvalue weighted by Gasteiger charge is -2.21. The minimum absolute atomic E-state index is 0.0756. The molecule has 0 atom stereocenters. The van der Waals surface area contributed by atoms with Crippen LogP contribution in [-0.2, 0) is 6.42 Å². The van der Waals surface area contributed by atoms with Gasteiger partial charge in [-0.1, -0.05) is 32.0 Å². The van der Waals surface area contributed by atoms with Crippen LogP contribution in [0.15, 0.2) is 30.3 Å². The number of aliphatic hydroxyl groups excluding tert-OH is 1. The molecule has 2 rings (SSSR count). The lowest BCUT2D eigenvalue weighted by atomic mass is 9.89. The highest BCUT2D eigenvalue weighted by atomic mass is 16.3. The fraction of sp³-hybridized carbons (Fsp3) is 0.500. The standard InChI is InChI=1S/C18H27N3O2/c1-18(2,13-22)9-5-10-19-17(23)20-11-8-15-12-14-6-3-4-7-16(14)21-15/h3-4,6-7,12,21-22H,5,8-11,13H2,1-2H3,(H2,19,20,23). The number of aromatic amines is 1. The lowest BCUT2D eigenvalue weighted by Crippen LogP contribution is -2.37. The van der Waals surface area contributed by atoms with Gasteiger partial charge in [-0.25, -0.2) is 4.79 Å². The third-order valence-electron chi connectivity index (χ3n) is 4.01. The highest BCUT2D eigenvalue weighted by Gasteiger charge is 2.15. The van der Waals surface area contributed by atoms with E-state index in [2.05, 4.69) is 27.8 Å². The van der Waals surface area contributed by atoms with Crippen molar-refractivity contribution in [2.45, 2.75) is 33.1 Å². The maximum Gasteiger partial charge on any atom is 0.314 e. The molecule has 0 radical (unpaired) electrons. The summed E-state index contributed by atoms with van der Waals surface area (Å²) < 4.78 is 0. The summed E-state index contributed by atoms with van der Waals surface area (Å²) in [4.78, 5) is 15.1. The van der Waals surface area contributed by atoms with Gasteiger partial charge in [0.1, 0.15) is 0 Å². The van der Waals surface area contributed by atoms with Gasteiger partial charge in [0.05, 0.1) is 0 Å². The first-order valence-electron chi connectivity index (χ1n) is 8.19. The highest BCUT2D eigenvalue weighted by Crippen LogP contribution is 2.20. The molecular weight excluding hydrogens is 290 g/mol. The Labute approximate surface area is 137 Å². The predicted molar refractivity (Wildman–Crippen MR) is 93.5 cm³/mol. The Morgan fingerprint density at radius 3 is 2.70 bits per heavy atom. The molecule has 0 spiro atoms. The van der Waals surface area contributed by atoms with Gasteiger partial charge in [0.25, 0.3) is 0 Å². The Bertz CT molecular complexity index is 601. The van der Waals surface area contributed by atoms with Crippen LogP contribution in [0.2, 0.25) is 0 Å². The van der Waals surface area contributed by atoms with Gasteiger partial charge >= 0.3 is 6.03 Å². The normalized spacial score (nSPS) is 11.6.